The van der Waals surface area contributed by atoms with Gasteiger partial charge in [-0.1, -0.05) is 59.6 Å². The molecular formula is C28H28Cl2N4O2. The second kappa shape index (κ2) is 10.6. The van der Waals surface area contributed by atoms with E-state index in [9.17, 15) is 9.59 Å². The molecule has 0 radical (unpaired) electrons. The van der Waals surface area contributed by atoms with Crippen molar-refractivity contribution in [2.75, 3.05) is 25.5 Å². The molecular weight excluding hydrogens is 495 g/mol. The largest absolute Gasteiger partial charge is 0.337 e. The first-order chi connectivity index (χ1) is 17.4. The van der Waals surface area contributed by atoms with Gasteiger partial charge in [-0.3, -0.25) is 14.5 Å². The number of rotatable bonds is 4. The minimum atomic E-state index is -0.190. The Morgan fingerprint density at radius 3 is 2.39 bits per heavy atom. The molecule has 1 atom stereocenters. The molecule has 1 N–H and O–H groups in total. The molecule has 3 heterocycles. The van der Waals surface area contributed by atoms with Gasteiger partial charge in [0.1, 0.15) is 5.69 Å². The Labute approximate surface area is 221 Å². The summed E-state index contributed by atoms with van der Waals surface area (Å²) in [6.45, 7) is 2.05. The summed E-state index contributed by atoms with van der Waals surface area (Å²) in [6.07, 6.45) is 3.87. The first kappa shape index (κ1) is 24.8. The summed E-state index contributed by atoms with van der Waals surface area (Å²) in [6, 6.07) is 17.8. The Balaban J connectivity index is 1.16. The minimum absolute atomic E-state index is 0.0149. The van der Waals surface area contributed by atoms with Crippen LogP contribution in [0.4, 0.5) is 5.69 Å². The smallest absolute Gasteiger partial charge is 0.273 e. The summed E-state index contributed by atoms with van der Waals surface area (Å²) in [7, 11) is 2.00. The molecule has 0 bridgehead atoms. The van der Waals surface area contributed by atoms with E-state index in [1.54, 1.807) is 11.0 Å². The summed E-state index contributed by atoms with van der Waals surface area (Å²) in [5.74, 6) is 0.206. The van der Waals surface area contributed by atoms with E-state index >= 15 is 0 Å². The molecule has 1 unspecified atom stereocenters. The number of likely N-dealkylation sites (tertiary alicyclic amines) is 1. The fourth-order valence-corrected chi connectivity index (χ4v) is 5.61. The SMILES string of the molecule is CN1Cc2ccccc2CC1C(=O)Nc1ccc(C2CCN(C(=O)c3ncc(Cl)cc3Cl)CC2)cc1. The Morgan fingerprint density at radius 2 is 1.69 bits per heavy atom. The summed E-state index contributed by atoms with van der Waals surface area (Å²) in [5, 5.41) is 3.77. The van der Waals surface area contributed by atoms with Gasteiger partial charge in [-0.2, -0.15) is 0 Å². The van der Waals surface area contributed by atoms with Crippen LogP contribution in [0.15, 0.2) is 60.8 Å². The van der Waals surface area contributed by atoms with Crippen LogP contribution >= 0.6 is 23.2 Å². The van der Waals surface area contributed by atoms with Crippen LogP contribution in [0.25, 0.3) is 0 Å². The molecule has 5 rings (SSSR count). The molecule has 1 fully saturated rings. The molecule has 2 aromatic carbocycles. The van der Waals surface area contributed by atoms with E-state index in [0.717, 1.165) is 25.1 Å². The zero-order valence-corrected chi connectivity index (χ0v) is 21.6. The highest BCUT2D eigenvalue weighted by atomic mass is 35.5. The maximum Gasteiger partial charge on any atom is 0.273 e. The Kier molecular flexibility index (Phi) is 7.28. The fourth-order valence-electron chi connectivity index (χ4n) is 5.15. The molecule has 2 aliphatic rings. The molecule has 0 saturated carbocycles. The van der Waals surface area contributed by atoms with Crippen molar-refractivity contribution in [1.82, 2.24) is 14.8 Å². The second-order valence-electron chi connectivity index (χ2n) is 9.57. The molecule has 3 aromatic rings. The van der Waals surface area contributed by atoms with E-state index in [-0.39, 0.29) is 28.6 Å². The summed E-state index contributed by atoms with van der Waals surface area (Å²) in [4.78, 5) is 33.9. The molecule has 2 aliphatic heterocycles. The van der Waals surface area contributed by atoms with Crippen molar-refractivity contribution in [1.29, 1.82) is 0 Å². The molecule has 0 aliphatic carbocycles. The van der Waals surface area contributed by atoms with Crippen molar-refractivity contribution in [3.05, 3.63) is 93.2 Å². The standard InChI is InChI=1S/C28H28Cl2N4O2/c1-33-17-21-5-3-2-4-20(21)14-25(33)27(35)32-23-8-6-18(7-9-23)19-10-12-34(13-11-19)28(36)26-24(30)15-22(29)16-31-26/h2-9,15-16,19,25H,10-14,17H2,1H3,(H,32,35). The second-order valence-corrected chi connectivity index (χ2v) is 10.4. The summed E-state index contributed by atoms with van der Waals surface area (Å²) in [5.41, 5.74) is 4.78. The Morgan fingerprint density at radius 1 is 1.00 bits per heavy atom. The number of aromatic nitrogens is 1. The van der Waals surface area contributed by atoms with Crippen LogP contribution < -0.4 is 5.32 Å². The molecule has 2 amide bonds. The van der Waals surface area contributed by atoms with Gasteiger partial charge in [0.15, 0.2) is 0 Å². The minimum Gasteiger partial charge on any atom is -0.337 e. The molecule has 8 heteroatoms. The predicted octanol–water partition coefficient (Wildman–Crippen LogP) is 5.40. The summed E-state index contributed by atoms with van der Waals surface area (Å²) < 4.78 is 0. The van der Waals surface area contributed by atoms with Crippen LogP contribution in [-0.4, -0.2) is 52.8 Å². The lowest BCUT2D eigenvalue weighted by Crippen LogP contribution is -2.45. The number of nitrogens with one attached hydrogen (secondary N) is 1. The van der Waals surface area contributed by atoms with E-state index in [1.165, 1.54) is 22.9 Å². The highest BCUT2D eigenvalue weighted by molar-refractivity contribution is 6.36. The zero-order chi connectivity index (χ0) is 25.2. The van der Waals surface area contributed by atoms with Gasteiger partial charge in [0.25, 0.3) is 5.91 Å². The number of amides is 2. The number of hydrogen-bond donors (Lipinski definition) is 1. The monoisotopic (exact) mass is 522 g/mol. The number of pyridine rings is 1. The van der Waals surface area contributed by atoms with Gasteiger partial charge in [0.2, 0.25) is 5.91 Å². The number of anilines is 1. The molecule has 1 aromatic heterocycles. The van der Waals surface area contributed by atoms with Crippen molar-refractivity contribution in [3.63, 3.8) is 0 Å². The average molecular weight is 523 g/mol. The normalized spacial score (nSPS) is 18.5. The zero-order valence-electron chi connectivity index (χ0n) is 20.1. The van der Waals surface area contributed by atoms with Gasteiger partial charge < -0.3 is 10.2 Å². The topological polar surface area (TPSA) is 65.5 Å². The van der Waals surface area contributed by atoms with Gasteiger partial charge in [-0.15, -0.1) is 0 Å². The Hall–Kier alpha value is -2.93. The molecule has 0 spiro atoms. The molecule has 186 valence electrons. The maximum absolute atomic E-state index is 13.0. The van der Waals surface area contributed by atoms with Crippen LogP contribution in [0.2, 0.25) is 10.0 Å². The Bertz CT molecular complexity index is 1270. The van der Waals surface area contributed by atoms with Crippen LogP contribution in [0, 0.1) is 0 Å². The lowest BCUT2D eigenvalue weighted by atomic mass is 9.89. The van der Waals surface area contributed by atoms with E-state index < -0.39 is 0 Å². The number of likely N-dealkylation sites (N-methyl/N-ethyl adjacent to an activating group) is 1. The van der Waals surface area contributed by atoms with Gasteiger partial charge in [0.05, 0.1) is 16.1 Å². The average Bonchev–Trinajstić information content (AvgIpc) is 2.88. The lowest BCUT2D eigenvalue weighted by Gasteiger charge is -2.33. The van der Waals surface area contributed by atoms with E-state index in [4.69, 9.17) is 23.2 Å². The van der Waals surface area contributed by atoms with E-state index in [2.05, 4.69) is 39.5 Å². The van der Waals surface area contributed by atoms with Crippen LogP contribution in [0.5, 0.6) is 0 Å². The highest BCUT2D eigenvalue weighted by Gasteiger charge is 2.29. The number of hydrogen-bond acceptors (Lipinski definition) is 4. The van der Waals surface area contributed by atoms with Crippen LogP contribution in [0.3, 0.4) is 0 Å². The van der Waals surface area contributed by atoms with Crippen LogP contribution in [-0.2, 0) is 17.8 Å². The highest BCUT2D eigenvalue weighted by Crippen LogP contribution is 2.30. The lowest BCUT2D eigenvalue weighted by molar-refractivity contribution is -0.121. The van der Waals surface area contributed by atoms with Gasteiger partial charge in [0, 0.05) is 31.5 Å². The number of carbonyl (C=O) groups is 2. The van der Waals surface area contributed by atoms with Crippen molar-refractivity contribution in [3.8, 4) is 0 Å². The fraction of sp³-hybridized carbons (Fsp3) is 0.321. The number of piperidine rings is 1. The van der Waals surface area contributed by atoms with Crippen molar-refractivity contribution < 1.29 is 9.59 Å². The molecule has 36 heavy (non-hydrogen) atoms. The van der Waals surface area contributed by atoms with Crippen molar-refractivity contribution >= 4 is 40.7 Å². The third kappa shape index (κ3) is 5.26. The number of carbonyl (C=O) groups excluding carboxylic acids is 2. The van der Waals surface area contributed by atoms with Crippen molar-refractivity contribution in [2.24, 2.45) is 0 Å². The first-order valence-corrected chi connectivity index (χ1v) is 12.9. The molecule has 1 saturated heterocycles. The number of benzene rings is 2. The van der Waals surface area contributed by atoms with Crippen LogP contribution in [0.1, 0.15) is 45.9 Å². The first-order valence-electron chi connectivity index (χ1n) is 12.2. The van der Waals surface area contributed by atoms with Gasteiger partial charge >= 0.3 is 0 Å². The number of nitrogens with zero attached hydrogens (tertiary/aromatic N) is 3. The number of fused-ring (bicyclic) bond motifs is 1. The number of halogens is 2. The molecule has 6 nitrogen and oxygen atoms in total. The van der Waals surface area contributed by atoms with E-state index in [0.29, 0.717) is 30.5 Å². The quantitative estimate of drug-likeness (QED) is 0.497. The predicted molar refractivity (Wildman–Crippen MR) is 143 cm³/mol. The van der Waals surface area contributed by atoms with Gasteiger partial charge in [-0.25, -0.2) is 4.98 Å². The third-order valence-corrected chi connectivity index (χ3v) is 7.72. The van der Waals surface area contributed by atoms with Gasteiger partial charge in [-0.05, 0) is 67.1 Å². The van der Waals surface area contributed by atoms with Crippen molar-refractivity contribution in [2.45, 2.75) is 37.8 Å². The maximum atomic E-state index is 13.0. The van der Waals surface area contributed by atoms with E-state index in [1.807, 2.05) is 31.3 Å². The third-order valence-electron chi connectivity index (χ3n) is 7.23. The summed E-state index contributed by atoms with van der Waals surface area (Å²) >= 11 is 12.1.